The molecular weight excluding hydrogens is 707 g/mol. The van der Waals surface area contributed by atoms with Crippen molar-refractivity contribution in [2.24, 2.45) is 14.1 Å². The highest BCUT2D eigenvalue weighted by atomic mass is 35.5. The van der Waals surface area contributed by atoms with Gasteiger partial charge in [-0.05, 0) is 75.9 Å². The molecule has 4 heterocycles. The summed E-state index contributed by atoms with van der Waals surface area (Å²) in [4.78, 5) is 38.9. The Labute approximate surface area is 308 Å². The maximum atomic E-state index is 13.2. The molecule has 0 atom stereocenters. The second-order valence-corrected chi connectivity index (χ2v) is 13.1. The topological polar surface area (TPSA) is 141 Å². The van der Waals surface area contributed by atoms with E-state index >= 15 is 0 Å². The minimum absolute atomic E-state index is 0.0684. The van der Waals surface area contributed by atoms with Crippen LogP contribution in [0.3, 0.4) is 0 Å². The zero-order valence-electron chi connectivity index (χ0n) is 29.0. The van der Waals surface area contributed by atoms with E-state index in [1.165, 1.54) is 9.36 Å². The lowest BCUT2D eigenvalue weighted by atomic mass is 10.1. The van der Waals surface area contributed by atoms with Crippen LogP contribution in [-0.4, -0.2) is 58.5 Å². The van der Waals surface area contributed by atoms with Crippen LogP contribution < -0.4 is 11.1 Å². The Kier molecular flexibility index (Phi) is 11.0. The molecule has 0 saturated heterocycles. The van der Waals surface area contributed by atoms with Crippen LogP contribution in [0.4, 0.5) is 4.79 Å². The van der Waals surface area contributed by atoms with Gasteiger partial charge in [-0.1, -0.05) is 47.5 Å². The number of aryl methyl sites for hydroxylation is 6. The summed E-state index contributed by atoms with van der Waals surface area (Å²) in [5.74, 6) is 0. The second kappa shape index (κ2) is 15.8. The van der Waals surface area contributed by atoms with Crippen LogP contribution in [0.2, 0.25) is 10.0 Å². The van der Waals surface area contributed by atoms with Gasteiger partial charge in [0.25, 0.3) is 11.1 Å². The van der Waals surface area contributed by atoms with E-state index in [0.717, 1.165) is 22.5 Å². The van der Waals surface area contributed by atoms with E-state index in [9.17, 15) is 14.4 Å². The van der Waals surface area contributed by atoms with Crippen molar-refractivity contribution in [1.82, 2.24) is 39.1 Å². The molecule has 4 aromatic heterocycles. The van der Waals surface area contributed by atoms with Gasteiger partial charge in [0, 0.05) is 57.8 Å². The summed E-state index contributed by atoms with van der Waals surface area (Å²) in [5.41, 5.74) is 6.19. The van der Waals surface area contributed by atoms with Crippen LogP contribution in [0.15, 0.2) is 82.6 Å². The first-order valence-electron chi connectivity index (χ1n) is 16.6. The lowest BCUT2D eigenvalue weighted by Crippen LogP contribution is -2.27. The third kappa shape index (κ3) is 8.00. The van der Waals surface area contributed by atoms with Gasteiger partial charge in [-0.3, -0.25) is 9.59 Å². The number of benzene rings is 2. The number of hydrogen-bond acceptors (Lipinski definition) is 9. The van der Waals surface area contributed by atoms with E-state index < -0.39 is 6.16 Å². The molecule has 6 aromatic rings. The van der Waals surface area contributed by atoms with Crippen molar-refractivity contribution >= 4 is 29.4 Å². The quantitative estimate of drug-likeness (QED) is 0.106. The van der Waals surface area contributed by atoms with E-state index in [0.29, 0.717) is 69.6 Å². The number of halogens is 2. The van der Waals surface area contributed by atoms with Gasteiger partial charge < -0.3 is 9.47 Å². The van der Waals surface area contributed by atoms with Gasteiger partial charge in [-0.15, -0.1) is 0 Å². The molecule has 0 amide bonds. The van der Waals surface area contributed by atoms with E-state index in [1.54, 1.807) is 60.1 Å². The molecule has 0 saturated carbocycles. The summed E-state index contributed by atoms with van der Waals surface area (Å²) in [6.07, 6.45) is 4.10. The lowest BCUT2D eigenvalue weighted by molar-refractivity contribution is 0.0539. The van der Waals surface area contributed by atoms with Crippen molar-refractivity contribution in [2.75, 3.05) is 13.2 Å². The van der Waals surface area contributed by atoms with Gasteiger partial charge in [0.05, 0.1) is 37.0 Å². The van der Waals surface area contributed by atoms with Gasteiger partial charge >= 0.3 is 6.16 Å². The number of nitrogens with zero attached hydrogens (tertiary/aromatic N) is 8. The van der Waals surface area contributed by atoms with Crippen LogP contribution in [0.1, 0.15) is 35.4 Å². The number of carbonyl (C=O) groups is 1. The minimum Gasteiger partial charge on any atom is -0.434 e. The Bertz CT molecular complexity index is 2180. The molecule has 2 aromatic carbocycles. The highest BCUT2D eigenvalue weighted by molar-refractivity contribution is 6.30. The largest absolute Gasteiger partial charge is 0.508 e. The first-order valence-corrected chi connectivity index (χ1v) is 17.3. The van der Waals surface area contributed by atoms with Crippen molar-refractivity contribution < 1.29 is 14.3 Å². The zero-order valence-corrected chi connectivity index (χ0v) is 30.6. The number of carbonyl (C=O) groups excluding carboxylic acids is 1. The molecule has 0 unspecified atom stereocenters. The van der Waals surface area contributed by atoms with E-state index in [4.69, 9.17) is 42.9 Å². The Morgan fingerprint density at radius 3 is 1.42 bits per heavy atom. The third-order valence-electron chi connectivity index (χ3n) is 8.47. The zero-order chi connectivity index (χ0) is 36.9. The summed E-state index contributed by atoms with van der Waals surface area (Å²) in [6, 6.07) is 18.4. The van der Waals surface area contributed by atoms with Gasteiger partial charge in [0.2, 0.25) is 0 Å². The van der Waals surface area contributed by atoms with Gasteiger partial charge in [0.1, 0.15) is 11.4 Å². The first kappa shape index (κ1) is 36.3. The Morgan fingerprint density at radius 2 is 1.04 bits per heavy atom. The standard InChI is InChI=1S/C37H36Cl2N8O5/c1-23-19-31(25-9-13-29(38)14-10-25)42-46(23)33-27(21-40-44(3)35(33)48)7-5-17-51-37(50)52-18-6-8-28-22-41-45(4)36(49)34(28)47-24(2)20-32(43-47)26-11-15-30(39)16-12-26/h9-16,19-22H,5-8,17-18H2,1-4H3. The predicted molar refractivity (Wildman–Crippen MR) is 198 cm³/mol. The molecule has 0 fully saturated rings. The monoisotopic (exact) mass is 742 g/mol. The number of rotatable bonds is 12. The fraction of sp³-hybridized carbons (Fsp3) is 0.270. The van der Waals surface area contributed by atoms with Gasteiger partial charge in [-0.2, -0.15) is 20.4 Å². The highest BCUT2D eigenvalue weighted by Crippen LogP contribution is 2.25. The molecule has 52 heavy (non-hydrogen) atoms. The third-order valence-corrected chi connectivity index (χ3v) is 8.98. The van der Waals surface area contributed by atoms with E-state index in [1.807, 2.05) is 50.2 Å². The Balaban J connectivity index is 1.04. The maximum Gasteiger partial charge on any atom is 0.508 e. The van der Waals surface area contributed by atoms with Crippen LogP contribution >= 0.6 is 23.2 Å². The number of hydrogen-bond donors (Lipinski definition) is 0. The van der Waals surface area contributed by atoms with Crippen molar-refractivity contribution in [1.29, 1.82) is 0 Å². The summed E-state index contributed by atoms with van der Waals surface area (Å²) in [7, 11) is 3.17. The fourth-order valence-corrected chi connectivity index (χ4v) is 6.00. The lowest BCUT2D eigenvalue weighted by Gasteiger charge is -2.12. The van der Waals surface area contributed by atoms with Crippen molar-refractivity contribution in [3.8, 4) is 33.9 Å². The molecule has 0 N–H and O–H groups in total. The fourth-order valence-electron chi connectivity index (χ4n) is 5.74. The molecule has 0 aliphatic heterocycles. The smallest absolute Gasteiger partial charge is 0.434 e. The molecule has 0 radical (unpaired) electrons. The molecule has 0 aliphatic carbocycles. The van der Waals surface area contributed by atoms with Crippen LogP contribution in [-0.2, 0) is 36.4 Å². The normalized spacial score (nSPS) is 11.2. The molecule has 15 heteroatoms. The van der Waals surface area contributed by atoms with Crippen molar-refractivity contribution in [3.63, 3.8) is 0 Å². The molecule has 0 aliphatic rings. The first-order chi connectivity index (χ1) is 25.0. The summed E-state index contributed by atoms with van der Waals surface area (Å²) < 4.78 is 16.4. The predicted octanol–water partition coefficient (Wildman–Crippen LogP) is 6.22. The molecule has 6 rings (SSSR count). The molecular formula is C37H36Cl2N8O5. The van der Waals surface area contributed by atoms with Gasteiger partial charge in [0.15, 0.2) is 0 Å². The van der Waals surface area contributed by atoms with Crippen molar-refractivity contribution in [2.45, 2.75) is 39.5 Å². The van der Waals surface area contributed by atoms with Crippen LogP contribution in [0.25, 0.3) is 33.9 Å². The average Bonchev–Trinajstić information content (AvgIpc) is 3.70. The Hall–Kier alpha value is -5.53. The van der Waals surface area contributed by atoms with E-state index in [2.05, 4.69) is 10.2 Å². The molecule has 13 nitrogen and oxygen atoms in total. The maximum absolute atomic E-state index is 13.2. The second-order valence-electron chi connectivity index (χ2n) is 12.2. The molecule has 268 valence electrons. The Morgan fingerprint density at radius 1 is 0.654 bits per heavy atom. The summed E-state index contributed by atoms with van der Waals surface area (Å²) in [5, 5.41) is 19.1. The summed E-state index contributed by atoms with van der Waals surface area (Å²) >= 11 is 12.1. The molecule has 0 bridgehead atoms. The summed E-state index contributed by atoms with van der Waals surface area (Å²) in [6.45, 7) is 3.89. The van der Waals surface area contributed by atoms with Crippen molar-refractivity contribution in [3.05, 3.63) is 126 Å². The highest BCUT2D eigenvalue weighted by Gasteiger charge is 2.19. The van der Waals surface area contributed by atoms with Gasteiger partial charge in [-0.25, -0.2) is 23.5 Å². The minimum atomic E-state index is -0.810. The number of aromatic nitrogens is 8. The molecule has 0 spiro atoms. The number of ether oxygens (including phenoxy) is 2. The van der Waals surface area contributed by atoms with Crippen LogP contribution in [0, 0.1) is 13.8 Å². The van der Waals surface area contributed by atoms with Crippen LogP contribution in [0.5, 0.6) is 0 Å². The average molecular weight is 744 g/mol. The van der Waals surface area contributed by atoms with E-state index in [-0.39, 0.29) is 24.3 Å². The SMILES string of the molecule is Cc1cc(-c2ccc(Cl)cc2)nn1-c1c(CCCOC(=O)OCCCc2cnn(C)c(=O)c2-n2nc(-c3ccc(Cl)cc3)cc2C)cnn(C)c1=O.